The Balaban J connectivity index is 1.29. The van der Waals surface area contributed by atoms with Crippen LogP contribution in [-0.2, 0) is 0 Å². The summed E-state index contributed by atoms with van der Waals surface area (Å²) in [5.74, 6) is 1.37. The van der Waals surface area contributed by atoms with E-state index in [1.54, 1.807) is 0 Å². The highest BCUT2D eigenvalue weighted by Gasteiger charge is 2.22. The second-order valence-electron chi connectivity index (χ2n) is 13.7. The first-order chi connectivity index (χ1) is 27.3. The third-order valence-corrected chi connectivity index (χ3v) is 10.3. The molecule has 0 radical (unpaired) electrons. The minimum absolute atomic E-state index is 0.604. The molecule has 7 aromatic carbocycles. The number of benzene rings is 7. The van der Waals surface area contributed by atoms with E-state index in [1.165, 1.54) is 10.8 Å². The Morgan fingerprint density at radius 1 is 0.327 bits per heavy atom. The van der Waals surface area contributed by atoms with Crippen molar-refractivity contribution in [1.29, 1.82) is 0 Å². The highest BCUT2D eigenvalue weighted by molar-refractivity contribution is 6.09. The van der Waals surface area contributed by atoms with Gasteiger partial charge in [-0.2, -0.15) is 0 Å². The molecule has 0 saturated carbocycles. The van der Waals surface area contributed by atoms with Gasteiger partial charge >= 0.3 is 0 Å². The zero-order valence-electron chi connectivity index (χ0n) is 29.9. The predicted octanol–water partition coefficient (Wildman–Crippen LogP) is 13.0. The number of para-hydroxylation sites is 2. The molecule has 0 unspecified atom stereocenters. The van der Waals surface area contributed by atoms with E-state index in [9.17, 15) is 0 Å². The van der Waals surface area contributed by atoms with Gasteiger partial charge in [0.05, 0.1) is 28.0 Å². The van der Waals surface area contributed by atoms with Gasteiger partial charge in [0.25, 0.3) is 0 Å². The van der Waals surface area contributed by atoms with E-state index in [2.05, 4.69) is 193 Å². The SMILES string of the molecule is c1ccc(-c2ccc(-c3ccccc3)c(-c3cnc(-n4c5ccccc5c5ccccc54)c(-c4nc(-c5ccccc5)cc(-c5ccccc5)n4)c3)c2)cc1. The molecule has 0 saturated heterocycles. The normalized spacial score (nSPS) is 11.3. The Bertz CT molecular complexity index is 2840. The maximum atomic E-state index is 5.40. The lowest BCUT2D eigenvalue weighted by Gasteiger charge is -2.17. The fraction of sp³-hybridized carbons (Fsp3) is 0. The van der Waals surface area contributed by atoms with E-state index in [4.69, 9.17) is 15.0 Å². The fourth-order valence-electron chi connectivity index (χ4n) is 7.64. The smallest absolute Gasteiger partial charge is 0.164 e. The largest absolute Gasteiger partial charge is 0.293 e. The number of pyridine rings is 1. The second-order valence-corrected chi connectivity index (χ2v) is 13.7. The highest BCUT2D eigenvalue weighted by Crippen LogP contribution is 2.40. The Morgan fingerprint density at radius 3 is 1.36 bits per heavy atom. The van der Waals surface area contributed by atoms with Crippen molar-refractivity contribution in [1.82, 2.24) is 19.5 Å². The molecule has 3 heterocycles. The maximum absolute atomic E-state index is 5.40. The molecule has 10 aromatic rings. The Labute approximate surface area is 319 Å². The molecule has 0 bridgehead atoms. The lowest BCUT2D eigenvalue weighted by Crippen LogP contribution is -2.04. The number of hydrogen-bond acceptors (Lipinski definition) is 3. The van der Waals surface area contributed by atoms with Crippen LogP contribution in [0.15, 0.2) is 206 Å². The second kappa shape index (κ2) is 13.8. The molecule has 258 valence electrons. The molecule has 0 amide bonds. The van der Waals surface area contributed by atoms with Crippen molar-refractivity contribution in [2.24, 2.45) is 0 Å². The van der Waals surface area contributed by atoms with E-state index < -0.39 is 0 Å². The number of hydrogen-bond donors (Lipinski definition) is 0. The van der Waals surface area contributed by atoms with Crippen LogP contribution in [0.4, 0.5) is 0 Å². The standard InChI is InChI=1S/C51H34N4/c1-5-17-35(18-6-1)39-29-30-41(36-19-7-2-8-20-36)44(31-39)40-32-45(51(52-34-40)55-48-27-15-13-25-42(48)43-26-14-16-28-49(43)55)50-53-46(37-21-9-3-10-22-37)33-47(54-50)38-23-11-4-12-24-38/h1-34H. The molecular formula is C51H34N4. The minimum atomic E-state index is 0.604. The first kappa shape index (κ1) is 32.2. The van der Waals surface area contributed by atoms with E-state index >= 15 is 0 Å². The van der Waals surface area contributed by atoms with Crippen molar-refractivity contribution < 1.29 is 0 Å². The van der Waals surface area contributed by atoms with Crippen LogP contribution in [0.2, 0.25) is 0 Å². The van der Waals surface area contributed by atoms with Gasteiger partial charge in [-0.3, -0.25) is 4.57 Å². The summed E-state index contributed by atoms with van der Waals surface area (Å²) < 4.78 is 2.27. The minimum Gasteiger partial charge on any atom is -0.293 e. The summed E-state index contributed by atoms with van der Waals surface area (Å²) >= 11 is 0. The van der Waals surface area contributed by atoms with Crippen LogP contribution in [0.25, 0.3) is 94.9 Å². The highest BCUT2D eigenvalue weighted by atomic mass is 15.1. The number of aromatic nitrogens is 4. The Hall–Kier alpha value is -7.43. The van der Waals surface area contributed by atoms with Crippen LogP contribution in [0.1, 0.15) is 0 Å². The summed E-state index contributed by atoms with van der Waals surface area (Å²) in [6.45, 7) is 0. The average Bonchev–Trinajstić information content (AvgIpc) is 3.61. The molecular weight excluding hydrogens is 669 g/mol. The monoisotopic (exact) mass is 702 g/mol. The van der Waals surface area contributed by atoms with Crippen molar-refractivity contribution in [3.8, 4) is 73.1 Å². The van der Waals surface area contributed by atoms with Crippen molar-refractivity contribution in [3.05, 3.63) is 206 Å². The Morgan fingerprint density at radius 2 is 0.800 bits per heavy atom. The molecule has 0 aliphatic heterocycles. The summed E-state index contributed by atoms with van der Waals surface area (Å²) in [6, 6.07) is 69.9. The van der Waals surface area contributed by atoms with Crippen LogP contribution < -0.4 is 0 Å². The van der Waals surface area contributed by atoms with Gasteiger partial charge < -0.3 is 0 Å². The average molecular weight is 703 g/mol. The van der Waals surface area contributed by atoms with E-state index in [1.807, 2.05) is 18.3 Å². The van der Waals surface area contributed by atoms with Crippen LogP contribution in [0.3, 0.4) is 0 Å². The van der Waals surface area contributed by atoms with Crippen LogP contribution in [0.5, 0.6) is 0 Å². The third kappa shape index (κ3) is 5.96. The third-order valence-electron chi connectivity index (χ3n) is 10.3. The predicted molar refractivity (Wildman–Crippen MR) is 227 cm³/mol. The van der Waals surface area contributed by atoms with E-state index in [0.29, 0.717) is 5.82 Å². The number of nitrogens with zero attached hydrogens (tertiary/aromatic N) is 4. The Kier molecular flexibility index (Phi) is 8.12. The van der Waals surface area contributed by atoms with Gasteiger partial charge in [0, 0.05) is 33.7 Å². The fourth-order valence-corrected chi connectivity index (χ4v) is 7.64. The molecule has 0 fully saturated rings. The summed E-state index contributed by atoms with van der Waals surface area (Å²) in [5, 5.41) is 2.33. The van der Waals surface area contributed by atoms with Crippen molar-refractivity contribution in [3.63, 3.8) is 0 Å². The van der Waals surface area contributed by atoms with Crippen molar-refractivity contribution in [2.75, 3.05) is 0 Å². The first-order valence-corrected chi connectivity index (χ1v) is 18.5. The zero-order valence-corrected chi connectivity index (χ0v) is 29.9. The van der Waals surface area contributed by atoms with E-state index in [-0.39, 0.29) is 0 Å². The molecule has 55 heavy (non-hydrogen) atoms. The summed E-state index contributed by atoms with van der Waals surface area (Å²) in [5.41, 5.74) is 13.3. The quantitative estimate of drug-likeness (QED) is 0.166. The number of fused-ring (bicyclic) bond motifs is 3. The summed E-state index contributed by atoms with van der Waals surface area (Å²) in [6.07, 6.45) is 2.01. The molecule has 0 aliphatic carbocycles. The van der Waals surface area contributed by atoms with Gasteiger partial charge in [0.1, 0.15) is 5.82 Å². The lowest BCUT2D eigenvalue weighted by atomic mass is 9.91. The van der Waals surface area contributed by atoms with Crippen LogP contribution in [-0.4, -0.2) is 19.5 Å². The van der Waals surface area contributed by atoms with Gasteiger partial charge in [-0.1, -0.05) is 170 Å². The molecule has 0 aliphatic rings. The van der Waals surface area contributed by atoms with Gasteiger partial charge in [-0.05, 0) is 58.1 Å². The molecule has 3 aromatic heterocycles. The first-order valence-electron chi connectivity index (χ1n) is 18.5. The topological polar surface area (TPSA) is 43.6 Å². The van der Waals surface area contributed by atoms with Gasteiger partial charge in [0.2, 0.25) is 0 Å². The molecule has 10 rings (SSSR count). The number of rotatable bonds is 7. The van der Waals surface area contributed by atoms with Crippen LogP contribution >= 0.6 is 0 Å². The van der Waals surface area contributed by atoms with Crippen molar-refractivity contribution >= 4 is 21.8 Å². The molecule has 4 heteroatoms. The van der Waals surface area contributed by atoms with Gasteiger partial charge in [0.15, 0.2) is 5.82 Å². The van der Waals surface area contributed by atoms with Crippen LogP contribution in [0, 0.1) is 0 Å². The summed E-state index contributed by atoms with van der Waals surface area (Å²) in [7, 11) is 0. The molecule has 0 atom stereocenters. The maximum Gasteiger partial charge on any atom is 0.164 e. The summed E-state index contributed by atoms with van der Waals surface area (Å²) in [4.78, 5) is 16.1. The van der Waals surface area contributed by atoms with Crippen molar-refractivity contribution in [2.45, 2.75) is 0 Å². The molecule has 0 N–H and O–H groups in total. The van der Waals surface area contributed by atoms with E-state index in [0.717, 1.165) is 78.3 Å². The molecule has 4 nitrogen and oxygen atoms in total. The van der Waals surface area contributed by atoms with Gasteiger partial charge in [-0.25, -0.2) is 15.0 Å². The molecule has 0 spiro atoms. The van der Waals surface area contributed by atoms with Gasteiger partial charge in [-0.15, -0.1) is 0 Å². The zero-order chi connectivity index (χ0) is 36.6. The lowest BCUT2D eigenvalue weighted by molar-refractivity contribution is 1.07.